The molecule has 2 N–H and O–H groups in total. The van der Waals surface area contributed by atoms with Crippen LogP contribution in [0, 0.1) is 0 Å². The molecule has 1 fully saturated rings. The molecule has 1 aromatic rings. The van der Waals surface area contributed by atoms with Crippen LogP contribution in [0.4, 0.5) is 5.69 Å². The highest BCUT2D eigenvalue weighted by Gasteiger charge is 2.34. The van der Waals surface area contributed by atoms with E-state index in [1.807, 2.05) is 7.05 Å². The Hall–Kier alpha value is -1.06. The van der Waals surface area contributed by atoms with Gasteiger partial charge >= 0.3 is 0 Å². The van der Waals surface area contributed by atoms with Crippen LogP contribution in [0.2, 0.25) is 0 Å². The fraction of sp³-hybridized carbons (Fsp3) is 0.647. The van der Waals surface area contributed by atoms with Crippen molar-refractivity contribution >= 4 is 5.69 Å². The molecule has 2 aliphatic rings. The van der Waals surface area contributed by atoms with E-state index in [2.05, 4.69) is 34.5 Å². The first-order valence-corrected chi connectivity index (χ1v) is 7.95. The lowest BCUT2D eigenvalue weighted by atomic mass is 10.00. The van der Waals surface area contributed by atoms with Crippen molar-refractivity contribution in [1.82, 2.24) is 5.32 Å². The molecule has 1 aliphatic heterocycles. The fourth-order valence-corrected chi connectivity index (χ4v) is 3.84. The lowest BCUT2D eigenvalue weighted by molar-refractivity contribution is 0.0548. The Kier molecular flexibility index (Phi) is 3.99. The molecule has 1 unspecified atom stereocenters. The summed E-state index contributed by atoms with van der Waals surface area (Å²) in [6.07, 6.45) is 6.61. The molecule has 110 valence electrons. The number of anilines is 1. The first-order valence-electron chi connectivity index (χ1n) is 7.95. The van der Waals surface area contributed by atoms with Crippen molar-refractivity contribution in [3.63, 3.8) is 0 Å². The summed E-state index contributed by atoms with van der Waals surface area (Å²) in [6.45, 7) is 1.85. The van der Waals surface area contributed by atoms with Crippen molar-refractivity contribution in [3.05, 3.63) is 29.8 Å². The average Bonchev–Trinajstić information content (AvgIpc) is 2.81. The van der Waals surface area contributed by atoms with Crippen LogP contribution in [-0.4, -0.2) is 30.8 Å². The molecule has 3 heteroatoms. The lowest BCUT2D eigenvalue weighted by Gasteiger charge is -2.33. The average molecular weight is 274 g/mol. The third-order valence-electron chi connectivity index (χ3n) is 4.94. The molecule has 1 atom stereocenters. The standard InChI is InChI=1S/C17H26N2O/c1-18-15-8-6-12-19(13-17(20)10-4-5-11-17)16-9-3-2-7-14(15)16/h2-3,7,9,15,18,20H,4-6,8,10-13H2,1H3. The second-order valence-electron chi connectivity index (χ2n) is 6.40. The topological polar surface area (TPSA) is 35.5 Å². The van der Waals surface area contributed by atoms with Gasteiger partial charge in [0.15, 0.2) is 0 Å². The first kappa shape index (κ1) is 13.9. The zero-order valence-corrected chi connectivity index (χ0v) is 12.4. The quantitative estimate of drug-likeness (QED) is 0.889. The summed E-state index contributed by atoms with van der Waals surface area (Å²) in [5.41, 5.74) is 2.23. The van der Waals surface area contributed by atoms with Gasteiger partial charge in [-0.25, -0.2) is 0 Å². The number of fused-ring (bicyclic) bond motifs is 1. The molecule has 0 saturated heterocycles. The summed E-state index contributed by atoms with van der Waals surface area (Å²) in [5, 5.41) is 14.2. The molecule has 0 radical (unpaired) electrons. The van der Waals surface area contributed by atoms with Crippen LogP contribution >= 0.6 is 0 Å². The third kappa shape index (κ3) is 2.70. The van der Waals surface area contributed by atoms with E-state index in [4.69, 9.17) is 0 Å². The highest BCUT2D eigenvalue weighted by Crippen LogP contribution is 2.36. The first-order chi connectivity index (χ1) is 9.72. The maximum Gasteiger partial charge on any atom is 0.0821 e. The van der Waals surface area contributed by atoms with Crippen molar-refractivity contribution in [1.29, 1.82) is 0 Å². The Morgan fingerprint density at radius 2 is 2.00 bits per heavy atom. The third-order valence-corrected chi connectivity index (χ3v) is 4.94. The molecule has 1 aliphatic carbocycles. The largest absolute Gasteiger partial charge is 0.388 e. The van der Waals surface area contributed by atoms with E-state index < -0.39 is 5.60 Å². The molecule has 1 heterocycles. The van der Waals surface area contributed by atoms with Crippen LogP contribution in [0.15, 0.2) is 24.3 Å². The molecular weight excluding hydrogens is 248 g/mol. The molecule has 0 aromatic heterocycles. The molecule has 0 amide bonds. The highest BCUT2D eigenvalue weighted by atomic mass is 16.3. The monoisotopic (exact) mass is 274 g/mol. The minimum atomic E-state index is -0.466. The Morgan fingerprint density at radius 3 is 2.75 bits per heavy atom. The van der Waals surface area contributed by atoms with E-state index in [-0.39, 0.29) is 0 Å². The number of benzene rings is 1. The summed E-state index contributed by atoms with van der Waals surface area (Å²) >= 11 is 0. The van der Waals surface area contributed by atoms with E-state index >= 15 is 0 Å². The van der Waals surface area contributed by atoms with Gasteiger partial charge in [0.1, 0.15) is 0 Å². The van der Waals surface area contributed by atoms with Gasteiger partial charge < -0.3 is 15.3 Å². The summed E-state index contributed by atoms with van der Waals surface area (Å²) in [7, 11) is 2.04. The summed E-state index contributed by atoms with van der Waals surface area (Å²) < 4.78 is 0. The molecule has 0 spiro atoms. The smallest absolute Gasteiger partial charge is 0.0821 e. The van der Waals surface area contributed by atoms with E-state index in [0.29, 0.717) is 6.04 Å². The summed E-state index contributed by atoms with van der Waals surface area (Å²) in [6, 6.07) is 9.12. The number of β-amino-alcohol motifs (C(OH)–C–C–N with tert-alkyl or cyclic N) is 1. The Morgan fingerprint density at radius 1 is 1.25 bits per heavy atom. The number of para-hydroxylation sites is 1. The van der Waals surface area contributed by atoms with Crippen LogP contribution in [0.5, 0.6) is 0 Å². The van der Waals surface area contributed by atoms with Crippen LogP contribution in [0.1, 0.15) is 50.1 Å². The van der Waals surface area contributed by atoms with Gasteiger partial charge in [0.2, 0.25) is 0 Å². The van der Waals surface area contributed by atoms with Gasteiger partial charge in [-0.1, -0.05) is 31.0 Å². The Bertz CT molecular complexity index is 454. The van der Waals surface area contributed by atoms with Crippen molar-refractivity contribution in [2.75, 3.05) is 25.0 Å². The molecular formula is C17H26N2O. The minimum Gasteiger partial charge on any atom is -0.388 e. The predicted molar refractivity (Wildman–Crippen MR) is 83.1 cm³/mol. The number of nitrogens with one attached hydrogen (secondary N) is 1. The SMILES string of the molecule is CNC1CCCN(CC2(O)CCCC2)c2ccccc21. The maximum atomic E-state index is 10.7. The van der Waals surface area contributed by atoms with Gasteiger partial charge in [0.25, 0.3) is 0 Å². The van der Waals surface area contributed by atoms with Crippen molar-refractivity contribution in [2.45, 2.75) is 50.2 Å². The van der Waals surface area contributed by atoms with E-state index in [1.54, 1.807) is 0 Å². The van der Waals surface area contributed by atoms with Gasteiger partial charge in [-0.05, 0) is 44.4 Å². The number of nitrogens with zero attached hydrogens (tertiary/aromatic N) is 1. The molecule has 3 rings (SSSR count). The molecule has 0 bridgehead atoms. The van der Waals surface area contributed by atoms with Crippen LogP contribution < -0.4 is 10.2 Å². The molecule has 20 heavy (non-hydrogen) atoms. The second kappa shape index (κ2) is 5.74. The van der Waals surface area contributed by atoms with Gasteiger partial charge in [-0.2, -0.15) is 0 Å². The van der Waals surface area contributed by atoms with Crippen LogP contribution in [-0.2, 0) is 0 Å². The van der Waals surface area contributed by atoms with E-state index in [0.717, 1.165) is 25.9 Å². The Labute approximate surface area is 122 Å². The summed E-state index contributed by atoms with van der Waals surface area (Å²) in [4.78, 5) is 2.41. The molecule has 1 aromatic carbocycles. The highest BCUT2D eigenvalue weighted by molar-refractivity contribution is 5.56. The second-order valence-corrected chi connectivity index (χ2v) is 6.40. The zero-order valence-electron chi connectivity index (χ0n) is 12.4. The summed E-state index contributed by atoms with van der Waals surface area (Å²) in [5.74, 6) is 0. The fourth-order valence-electron chi connectivity index (χ4n) is 3.84. The molecule has 1 saturated carbocycles. The van der Waals surface area contributed by atoms with E-state index in [1.165, 1.54) is 36.9 Å². The Balaban J connectivity index is 1.87. The van der Waals surface area contributed by atoms with Crippen molar-refractivity contribution in [2.24, 2.45) is 0 Å². The normalized spacial score (nSPS) is 25.3. The number of hydrogen-bond acceptors (Lipinski definition) is 3. The zero-order chi connectivity index (χ0) is 14.0. The van der Waals surface area contributed by atoms with Gasteiger partial charge in [-0.3, -0.25) is 0 Å². The van der Waals surface area contributed by atoms with Crippen molar-refractivity contribution in [3.8, 4) is 0 Å². The molecule has 3 nitrogen and oxygen atoms in total. The van der Waals surface area contributed by atoms with Crippen molar-refractivity contribution < 1.29 is 5.11 Å². The van der Waals surface area contributed by atoms with E-state index in [9.17, 15) is 5.11 Å². The number of aliphatic hydroxyl groups is 1. The maximum absolute atomic E-state index is 10.7. The number of rotatable bonds is 3. The van der Waals surface area contributed by atoms with Gasteiger partial charge in [0, 0.05) is 24.8 Å². The lowest BCUT2D eigenvalue weighted by Crippen LogP contribution is -2.41. The van der Waals surface area contributed by atoms with Crippen LogP contribution in [0.25, 0.3) is 0 Å². The van der Waals surface area contributed by atoms with Gasteiger partial charge in [0.05, 0.1) is 5.60 Å². The predicted octanol–water partition coefficient (Wildman–Crippen LogP) is 2.85. The van der Waals surface area contributed by atoms with Crippen LogP contribution in [0.3, 0.4) is 0 Å². The van der Waals surface area contributed by atoms with Gasteiger partial charge in [-0.15, -0.1) is 0 Å². The number of hydrogen-bond donors (Lipinski definition) is 2. The minimum absolute atomic E-state index is 0.439.